The molecular formula is C28H36N8. The first kappa shape index (κ1) is 24.2. The highest BCUT2D eigenvalue weighted by molar-refractivity contribution is 5.84. The van der Waals surface area contributed by atoms with Gasteiger partial charge in [-0.15, -0.1) is 0 Å². The molecule has 0 radical (unpaired) electrons. The molecule has 0 atom stereocenters. The molecule has 36 heavy (non-hydrogen) atoms. The molecule has 3 aromatic heterocycles. The molecule has 1 fully saturated rings. The van der Waals surface area contributed by atoms with Crippen molar-refractivity contribution >= 4 is 28.6 Å². The number of anilines is 3. The van der Waals surface area contributed by atoms with Gasteiger partial charge in [-0.2, -0.15) is 0 Å². The third-order valence-corrected chi connectivity index (χ3v) is 6.82. The highest BCUT2D eigenvalue weighted by Gasteiger charge is 2.25. The smallest absolute Gasteiger partial charge is 0.206 e. The summed E-state index contributed by atoms with van der Waals surface area (Å²) in [7, 11) is 4.00. The Hall–Kier alpha value is -3.49. The van der Waals surface area contributed by atoms with Gasteiger partial charge in [0.25, 0.3) is 0 Å². The van der Waals surface area contributed by atoms with Crippen LogP contribution in [0, 0.1) is 0 Å². The van der Waals surface area contributed by atoms with Crippen LogP contribution in [-0.2, 0) is 6.54 Å². The Bertz CT molecular complexity index is 1330. The fraction of sp³-hybridized carbons (Fsp3) is 0.393. The molecular weight excluding hydrogens is 448 g/mol. The van der Waals surface area contributed by atoms with Gasteiger partial charge in [0.05, 0.1) is 11.0 Å². The number of aromatic nitrogens is 4. The topological polar surface area (TPSA) is 76.2 Å². The second kappa shape index (κ2) is 9.87. The fourth-order valence-electron chi connectivity index (χ4n) is 4.69. The molecule has 188 valence electrons. The molecule has 0 aliphatic carbocycles. The Kier molecular flexibility index (Phi) is 6.64. The SMILES string of the molecule is CN(C)c1cc(-c2ccc3nc(Nc4cc(CN5CCN(C(C)(C)C)CC5)ccn4)[nH]c3c2)ccn1. The number of imidazole rings is 1. The van der Waals surface area contributed by atoms with E-state index in [0.29, 0.717) is 5.95 Å². The van der Waals surface area contributed by atoms with E-state index in [1.54, 1.807) is 0 Å². The van der Waals surface area contributed by atoms with Crippen molar-refractivity contribution in [2.45, 2.75) is 32.9 Å². The van der Waals surface area contributed by atoms with Gasteiger partial charge in [0.15, 0.2) is 0 Å². The lowest BCUT2D eigenvalue weighted by Gasteiger charge is -2.42. The van der Waals surface area contributed by atoms with Crippen molar-refractivity contribution in [3.63, 3.8) is 0 Å². The molecule has 0 saturated carbocycles. The zero-order chi connectivity index (χ0) is 25.3. The maximum Gasteiger partial charge on any atom is 0.206 e. The van der Waals surface area contributed by atoms with Crippen LogP contribution in [0.2, 0.25) is 0 Å². The summed E-state index contributed by atoms with van der Waals surface area (Å²) in [6.45, 7) is 12.2. The van der Waals surface area contributed by atoms with Gasteiger partial charge >= 0.3 is 0 Å². The summed E-state index contributed by atoms with van der Waals surface area (Å²) in [6, 6.07) is 14.6. The number of nitrogens with one attached hydrogen (secondary N) is 2. The van der Waals surface area contributed by atoms with Crippen LogP contribution in [0.15, 0.2) is 54.9 Å². The maximum atomic E-state index is 4.72. The summed E-state index contributed by atoms with van der Waals surface area (Å²) < 4.78 is 0. The number of nitrogens with zero attached hydrogens (tertiary/aromatic N) is 6. The van der Waals surface area contributed by atoms with Crippen molar-refractivity contribution in [3.05, 3.63) is 60.4 Å². The van der Waals surface area contributed by atoms with Gasteiger partial charge in [-0.25, -0.2) is 15.0 Å². The standard InChI is InChI=1S/C28H36N8/c1-28(2,3)36-14-12-35(13-15-36)19-20-8-10-29-25(16-20)33-27-31-23-7-6-21(17-24(23)32-27)22-9-11-30-26(18-22)34(4)5/h6-11,16-18H,12-15,19H2,1-5H3,(H2,29,31,32,33). The molecule has 1 aromatic carbocycles. The third kappa shape index (κ3) is 5.50. The number of hydrogen-bond acceptors (Lipinski definition) is 7. The maximum absolute atomic E-state index is 4.72. The van der Waals surface area contributed by atoms with E-state index in [-0.39, 0.29) is 5.54 Å². The molecule has 1 aliphatic rings. The lowest BCUT2D eigenvalue weighted by Crippen LogP contribution is -2.53. The van der Waals surface area contributed by atoms with Crippen LogP contribution in [0.3, 0.4) is 0 Å². The number of rotatable bonds is 6. The highest BCUT2D eigenvalue weighted by Crippen LogP contribution is 2.27. The van der Waals surface area contributed by atoms with Gasteiger partial charge in [-0.3, -0.25) is 9.80 Å². The normalized spacial score (nSPS) is 15.4. The van der Waals surface area contributed by atoms with Crippen molar-refractivity contribution in [1.29, 1.82) is 0 Å². The molecule has 0 bridgehead atoms. The highest BCUT2D eigenvalue weighted by atomic mass is 15.3. The number of aromatic amines is 1. The van der Waals surface area contributed by atoms with Crippen LogP contribution in [-0.4, -0.2) is 75.5 Å². The molecule has 4 heterocycles. The van der Waals surface area contributed by atoms with Gasteiger partial charge < -0.3 is 15.2 Å². The van der Waals surface area contributed by atoms with Crippen molar-refractivity contribution in [2.24, 2.45) is 0 Å². The van der Waals surface area contributed by atoms with E-state index in [4.69, 9.17) is 4.98 Å². The molecule has 5 rings (SSSR count). The lowest BCUT2D eigenvalue weighted by molar-refractivity contribution is 0.0591. The van der Waals surface area contributed by atoms with Gasteiger partial charge in [-0.05, 0) is 73.9 Å². The van der Waals surface area contributed by atoms with E-state index in [9.17, 15) is 0 Å². The molecule has 4 aromatic rings. The number of hydrogen-bond donors (Lipinski definition) is 2. The Balaban J connectivity index is 1.27. The number of fused-ring (bicyclic) bond motifs is 1. The molecule has 8 nitrogen and oxygen atoms in total. The molecule has 0 amide bonds. The number of piperazine rings is 1. The summed E-state index contributed by atoms with van der Waals surface area (Å²) >= 11 is 0. The zero-order valence-electron chi connectivity index (χ0n) is 21.9. The van der Waals surface area contributed by atoms with Crippen LogP contribution in [0.25, 0.3) is 22.2 Å². The third-order valence-electron chi connectivity index (χ3n) is 6.82. The summed E-state index contributed by atoms with van der Waals surface area (Å²) in [6.07, 6.45) is 3.72. The average molecular weight is 485 g/mol. The predicted molar refractivity (Wildman–Crippen MR) is 148 cm³/mol. The number of H-pyrrole nitrogens is 1. The molecule has 1 saturated heterocycles. The minimum atomic E-state index is 0.237. The van der Waals surface area contributed by atoms with E-state index in [1.807, 2.05) is 43.5 Å². The van der Waals surface area contributed by atoms with Crippen molar-refractivity contribution in [2.75, 3.05) is 50.5 Å². The number of pyridine rings is 2. The predicted octanol–water partition coefficient (Wildman–Crippen LogP) is 4.75. The van der Waals surface area contributed by atoms with Crippen LogP contribution >= 0.6 is 0 Å². The monoisotopic (exact) mass is 484 g/mol. The quantitative estimate of drug-likeness (QED) is 0.409. The van der Waals surface area contributed by atoms with E-state index >= 15 is 0 Å². The van der Waals surface area contributed by atoms with Crippen molar-refractivity contribution < 1.29 is 0 Å². The summed E-state index contributed by atoms with van der Waals surface area (Å²) in [4.78, 5) is 24.2. The van der Waals surface area contributed by atoms with E-state index in [2.05, 4.69) is 81.2 Å². The molecule has 8 heteroatoms. The first-order valence-electron chi connectivity index (χ1n) is 12.6. The molecule has 2 N–H and O–H groups in total. The zero-order valence-corrected chi connectivity index (χ0v) is 21.9. The first-order chi connectivity index (χ1) is 17.2. The van der Waals surface area contributed by atoms with Crippen LogP contribution in [0.5, 0.6) is 0 Å². The largest absolute Gasteiger partial charge is 0.363 e. The second-order valence-electron chi connectivity index (χ2n) is 10.7. The fourth-order valence-corrected chi connectivity index (χ4v) is 4.69. The Morgan fingerprint density at radius 2 is 1.67 bits per heavy atom. The van der Waals surface area contributed by atoms with Crippen LogP contribution in [0.4, 0.5) is 17.6 Å². The van der Waals surface area contributed by atoms with Crippen LogP contribution in [0.1, 0.15) is 26.3 Å². The molecule has 0 unspecified atom stereocenters. The van der Waals surface area contributed by atoms with Gasteiger partial charge in [-0.1, -0.05) is 6.07 Å². The minimum absolute atomic E-state index is 0.237. The summed E-state index contributed by atoms with van der Waals surface area (Å²) in [5.74, 6) is 2.42. The van der Waals surface area contributed by atoms with E-state index < -0.39 is 0 Å². The van der Waals surface area contributed by atoms with Gasteiger partial charge in [0.1, 0.15) is 11.6 Å². The van der Waals surface area contributed by atoms with Crippen LogP contribution < -0.4 is 10.2 Å². The Morgan fingerprint density at radius 1 is 0.917 bits per heavy atom. The average Bonchev–Trinajstić information content (AvgIpc) is 3.25. The Labute approximate surface area is 213 Å². The first-order valence-corrected chi connectivity index (χ1v) is 12.6. The van der Waals surface area contributed by atoms with E-state index in [0.717, 1.165) is 66.5 Å². The van der Waals surface area contributed by atoms with Gasteiger partial charge in [0, 0.05) is 64.8 Å². The van der Waals surface area contributed by atoms with Gasteiger partial charge in [0.2, 0.25) is 5.95 Å². The van der Waals surface area contributed by atoms with E-state index in [1.165, 1.54) is 5.56 Å². The Morgan fingerprint density at radius 3 is 2.42 bits per heavy atom. The summed E-state index contributed by atoms with van der Waals surface area (Å²) in [5.41, 5.74) is 5.62. The van der Waals surface area contributed by atoms with Crippen molar-refractivity contribution in [1.82, 2.24) is 29.7 Å². The summed E-state index contributed by atoms with van der Waals surface area (Å²) in [5, 5.41) is 3.36. The van der Waals surface area contributed by atoms with Crippen molar-refractivity contribution in [3.8, 4) is 11.1 Å². The second-order valence-corrected chi connectivity index (χ2v) is 10.7. The molecule has 0 spiro atoms. The minimum Gasteiger partial charge on any atom is -0.363 e. The number of benzene rings is 1. The lowest BCUT2D eigenvalue weighted by atomic mass is 10.0. The molecule has 1 aliphatic heterocycles.